The van der Waals surface area contributed by atoms with Crippen molar-refractivity contribution < 1.29 is 13.2 Å². The van der Waals surface area contributed by atoms with Crippen LogP contribution in [0.1, 0.15) is 40.0 Å². The minimum absolute atomic E-state index is 0.151. The summed E-state index contributed by atoms with van der Waals surface area (Å²) in [5, 5.41) is 3.52. The van der Waals surface area contributed by atoms with E-state index in [1.807, 2.05) is 0 Å². The van der Waals surface area contributed by atoms with E-state index in [4.69, 9.17) is 23.2 Å². The van der Waals surface area contributed by atoms with Gasteiger partial charge in [-0.25, -0.2) is 13.1 Å². The maximum atomic E-state index is 11.8. The van der Waals surface area contributed by atoms with Crippen LogP contribution in [0.4, 0.5) is 5.69 Å². The van der Waals surface area contributed by atoms with Crippen molar-refractivity contribution in [1.29, 1.82) is 0 Å². The van der Waals surface area contributed by atoms with Crippen LogP contribution in [-0.2, 0) is 14.8 Å². The highest BCUT2D eigenvalue weighted by atomic mass is 35.5. The van der Waals surface area contributed by atoms with Gasteiger partial charge in [-0.3, -0.25) is 4.79 Å². The highest BCUT2D eigenvalue weighted by molar-refractivity contribution is 7.90. The molecular formula is C15H22Cl2N2O3S. The summed E-state index contributed by atoms with van der Waals surface area (Å²) >= 11 is 11.7. The maximum Gasteiger partial charge on any atom is 0.224 e. The van der Waals surface area contributed by atoms with Crippen LogP contribution in [0.3, 0.4) is 0 Å². The molecule has 0 unspecified atom stereocenters. The predicted molar refractivity (Wildman–Crippen MR) is 95.6 cm³/mol. The molecule has 0 aliphatic rings. The first-order chi connectivity index (χ1) is 10.5. The van der Waals surface area contributed by atoms with Crippen molar-refractivity contribution in [2.24, 2.45) is 0 Å². The molecule has 0 bridgehead atoms. The fraction of sp³-hybridized carbons (Fsp3) is 0.533. The van der Waals surface area contributed by atoms with E-state index in [0.29, 0.717) is 41.5 Å². The van der Waals surface area contributed by atoms with Gasteiger partial charge in [0.1, 0.15) is 0 Å². The lowest BCUT2D eigenvalue weighted by molar-refractivity contribution is -0.116. The smallest absolute Gasteiger partial charge is 0.224 e. The number of rotatable bonds is 7. The molecule has 1 amide bonds. The van der Waals surface area contributed by atoms with Crippen molar-refractivity contribution >= 4 is 44.8 Å². The molecule has 0 aliphatic heterocycles. The molecule has 8 heteroatoms. The molecule has 23 heavy (non-hydrogen) atoms. The number of hydrogen-bond donors (Lipinski definition) is 2. The minimum atomic E-state index is -3.33. The van der Waals surface area contributed by atoms with Crippen LogP contribution in [0, 0.1) is 0 Å². The van der Waals surface area contributed by atoms with Gasteiger partial charge < -0.3 is 5.32 Å². The average Bonchev–Trinajstić information content (AvgIpc) is 2.41. The molecule has 0 saturated heterocycles. The molecule has 1 aromatic rings. The third-order valence-electron chi connectivity index (χ3n) is 3.13. The number of amides is 1. The number of halogens is 2. The Morgan fingerprint density at radius 2 is 1.78 bits per heavy atom. The van der Waals surface area contributed by atoms with Gasteiger partial charge in [-0.1, -0.05) is 23.2 Å². The van der Waals surface area contributed by atoms with Crippen molar-refractivity contribution in [2.45, 2.75) is 44.8 Å². The first-order valence-electron chi connectivity index (χ1n) is 7.27. The third kappa shape index (κ3) is 6.67. The summed E-state index contributed by atoms with van der Waals surface area (Å²) < 4.78 is 25.4. The molecule has 0 aliphatic carbocycles. The Morgan fingerprint density at radius 3 is 2.35 bits per heavy atom. The summed E-state index contributed by atoms with van der Waals surface area (Å²) in [7, 11) is -3.33. The molecule has 0 heterocycles. The highest BCUT2D eigenvalue weighted by Gasteiger charge is 2.27. The van der Waals surface area contributed by atoms with Crippen LogP contribution in [0.5, 0.6) is 0 Å². The van der Waals surface area contributed by atoms with Gasteiger partial charge in [0.05, 0.1) is 14.8 Å². The van der Waals surface area contributed by atoms with E-state index >= 15 is 0 Å². The lowest BCUT2D eigenvalue weighted by Crippen LogP contribution is -2.39. The average molecular weight is 381 g/mol. The number of nitrogens with one attached hydrogen (secondary N) is 2. The third-order valence-corrected chi connectivity index (χ3v) is 6.07. The van der Waals surface area contributed by atoms with Crippen LogP contribution < -0.4 is 10.0 Å². The molecule has 1 rings (SSSR count). The van der Waals surface area contributed by atoms with Gasteiger partial charge in [0.2, 0.25) is 15.9 Å². The summed E-state index contributed by atoms with van der Waals surface area (Å²) in [5.41, 5.74) is 0.581. The number of sulfonamides is 1. The lowest BCUT2D eigenvalue weighted by atomic mass is 10.2. The topological polar surface area (TPSA) is 75.3 Å². The molecule has 2 N–H and O–H groups in total. The van der Waals surface area contributed by atoms with Gasteiger partial charge >= 0.3 is 0 Å². The summed E-state index contributed by atoms with van der Waals surface area (Å²) in [4.78, 5) is 11.8. The summed E-state index contributed by atoms with van der Waals surface area (Å²) in [6, 6.07) is 4.86. The van der Waals surface area contributed by atoms with Crippen LogP contribution in [0.15, 0.2) is 18.2 Å². The van der Waals surface area contributed by atoms with Crippen molar-refractivity contribution in [1.82, 2.24) is 4.72 Å². The number of benzene rings is 1. The molecule has 1 aromatic carbocycles. The number of hydrogen-bond acceptors (Lipinski definition) is 3. The summed E-state index contributed by atoms with van der Waals surface area (Å²) in [6.45, 7) is 5.24. The van der Waals surface area contributed by atoms with E-state index in [1.165, 1.54) is 0 Å². The van der Waals surface area contributed by atoms with E-state index in [0.717, 1.165) is 0 Å². The van der Waals surface area contributed by atoms with Crippen molar-refractivity contribution in [3.05, 3.63) is 28.2 Å². The lowest BCUT2D eigenvalue weighted by Gasteiger charge is -2.19. The van der Waals surface area contributed by atoms with Crippen LogP contribution in [0.25, 0.3) is 0 Å². The van der Waals surface area contributed by atoms with Gasteiger partial charge in [-0.05, 0) is 51.8 Å². The molecule has 0 radical (unpaired) electrons. The first-order valence-corrected chi connectivity index (χ1v) is 9.51. The molecule has 0 fully saturated rings. The van der Waals surface area contributed by atoms with Crippen molar-refractivity contribution in [3.63, 3.8) is 0 Å². The zero-order valence-electron chi connectivity index (χ0n) is 13.4. The Balaban J connectivity index is 2.31. The Morgan fingerprint density at radius 1 is 1.13 bits per heavy atom. The molecule has 0 saturated carbocycles. The second-order valence-electron chi connectivity index (χ2n) is 6.14. The largest absolute Gasteiger partial charge is 0.326 e. The Hall–Kier alpha value is -0.820. The van der Waals surface area contributed by atoms with Gasteiger partial charge in [-0.15, -0.1) is 0 Å². The zero-order valence-corrected chi connectivity index (χ0v) is 15.8. The summed E-state index contributed by atoms with van der Waals surface area (Å²) in [5.74, 6) is -0.151. The monoisotopic (exact) mass is 380 g/mol. The second-order valence-corrected chi connectivity index (χ2v) is 9.48. The Labute approximate surface area is 147 Å². The van der Waals surface area contributed by atoms with Gasteiger partial charge in [0.25, 0.3) is 0 Å². The van der Waals surface area contributed by atoms with E-state index < -0.39 is 14.8 Å². The second kappa shape index (κ2) is 8.33. The Bertz CT molecular complexity index is 655. The molecule has 0 atom stereocenters. The number of anilines is 1. The van der Waals surface area contributed by atoms with Crippen molar-refractivity contribution in [2.75, 3.05) is 11.9 Å². The van der Waals surface area contributed by atoms with Gasteiger partial charge in [0.15, 0.2) is 0 Å². The highest BCUT2D eigenvalue weighted by Crippen LogP contribution is 2.25. The van der Waals surface area contributed by atoms with Crippen LogP contribution >= 0.6 is 23.2 Å². The van der Waals surface area contributed by atoms with Crippen LogP contribution in [0.2, 0.25) is 10.0 Å². The quantitative estimate of drug-likeness (QED) is 0.705. The van der Waals surface area contributed by atoms with Gasteiger partial charge in [-0.2, -0.15) is 0 Å². The van der Waals surface area contributed by atoms with Crippen LogP contribution in [-0.4, -0.2) is 25.6 Å². The normalized spacial score (nSPS) is 12.2. The molecule has 130 valence electrons. The first kappa shape index (κ1) is 20.2. The number of carbonyl (C=O) groups is 1. The molecule has 5 nitrogen and oxygen atoms in total. The predicted octanol–water partition coefficient (Wildman–Crippen LogP) is 3.82. The van der Waals surface area contributed by atoms with E-state index in [1.54, 1.807) is 39.0 Å². The fourth-order valence-corrected chi connectivity index (χ4v) is 2.78. The minimum Gasteiger partial charge on any atom is -0.326 e. The SMILES string of the molecule is CC(C)(C)S(=O)(=O)NCCCCC(=O)Nc1ccc(Cl)c(Cl)c1. The van der Waals surface area contributed by atoms with Gasteiger partial charge in [0, 0.05) is 18.7 Å². The molecule has 0 aromatic heterocycles. The number of carbonyl (C=O) groups excluding carboxylic acids is 1. The molecular weight excluding hydrogens is 359 g/mol. The van der Waals surface area contributed by atoms with E-state index in [2.05, 4.69) is 10.0 Å². The zero-order chi connectivity index (χ0) is 17.7. The van der Waals surface area contributed by atoms with Crippen molar-refractivity contribution in [3.8, 4) is 0 Å². The number of unbranched alkanes of at least 4 members (excludes halogenated alkanes) is 1. The maximum absolute atomic E-state index is 11.8. The standard InChI is InChI=1S/C15H22Cl2N2O3S/c1-15(2,3)23(21,22)18-9-5-4-6-14(20)19-11-7-8-12(16)13(17)10-11/h7-8,10,18H,4-6,9H2,1-3H3,(H,19,20). The molecule has 0 spiro atoms. The fourth-order valence-electron chi connectivity index (χ4n) is 1.63. The van der Waals surface area contributed by atoms with E-state index in [9.17, 15) is 13.2 Å². The Kier molecular flexibility index (Phi) is 7.32. The van der Waals surface area contributed by atoms with E-state index in [-0.39, 0.29) is 5.91 Å². The summed E-state index contributed by atoms with van der Waals surface area (Å²) in [6.07, 6.45) is 1.47.